The van der Waals surface area contributed by atoms with Gasteiger partial charge in [-0.15, -0.1) is 0 Å². The number of rotatable bonds is 7. The number of benzene rings is 1. The Labute approximate surface area is 164 Å². The molecule has 0 amide bonds. The molecule has 2 aromatic heterocycles. The summed E-state index contributed by atoms with van der Waals surface area (Å²) in [6.45, 7) is 4.78. The fraction of sp³-hybridized carbons (Fsp3) is 0.273. The van der Waals surface area contributed by atoms with Crippen molar-refractivity contribution in [2.24, 2.45) is 0 Å². The smallest absolute Gasteiger partial charge is 0.258 e. The zero-order valence-electron chi connectivity index (χ0n) is 15.6. The standard InChI is InChI=1S/C22H23ClN2O2/c1-3-4-5-13-27-18-11-9-17(10-12-18)14-19(23)20-15-22(26)25-16(2)7-6-8-21(25)24-20/h6-12,14-15H,3-5,13H2,1-2H3/b19-14-. The van der Waals surface area contributed by atoms with Crippen molar-refractivity contribution in [2.45, 2.75) is 33.1 Å². The molecule has 3 rings (SSSR count). The van der Waals surface area contributed by atoms with Crippen LogP contribution >= 0.6 is 11.6 Å². The lowest BCUT2D eigenvalue weighted by Crippen LogP contribution is -2.16. The van der Waals surface area contributed by atoms with Crippen LogP contribution in [0.4, 0.5) is 0 Å². The Balaban J connectivity index is 1.79. The molecule has 5 heteroatoms. The van der Waals surface area contributed by atoms with E-state index in [4.69, 9.17) is 16.3 Å². The number of fused-ring (bicyclic) bond motifs is 1. The van der Waals surface area contributed by atoms with Crippen molar-refractivity contribution in [1.82, 2.24) is 9.38 Å². The van der Waals surface area contributed by atoms with E-state index >= 15 is 0 Å². The summed E-state index contributed by atoms with van der Waals surface area (Å²) in [6, 6.07) is 14.7. The molecular formula is C22H23ClN2O2. The number of unbranched alkanes of at least 4 members (excludes halogenated alkanes) is 2. The van der Waals surface area contributed by atoms with Crippen molar-refractivity contribution in [3.63, 3.8) is 0 Å². The van der Waals surface area contributed by atoms with Gasteiger partial charge in [0.1, 0.15) is 11.4 Å². The van der Waals surface area contributed by atoms with E-state index in [-0.39, 0.29) is 5.56 Å². The van der Waals surface area contributed by atoms with Crippen LogP contribution in [0.3, 0.4) is 0 Å². The second-order valence-corrected chi connectivity index (χ2v) is 6.86. The van der Waals surface area contributed by atoms with Crippen LogP contribution in [0.1, 0.15) is 43.1 Å². The van der Waals surface area contributed by atoms with Crippen LogP contribution in [0.25, 0.3) is 16.8 Å². The maximum Gasteiger partial charge on any atom is 0.258 e. The van der Waals surface area contributed by atoms with E-state index in [2.05, 4.69) is 11.9 Å². The number of pyridine rings is 1. The third kappa shape index (κ3) is 4.77. The van der Waals surface area contributed by atoms with E-state index in [0.29, 0.717) is 16.4 Å². The third-order valence-corrected chi connectivity index (χ3v) is 4.62. The minimum Gasteiger partial charge on any atom is -0.494 e. The number of hydrogen-bond acceptors (Lipinski definition) is 3. The van der Waals surface area contributed by atoms with Crippen LogP contribution in [0, 0.1) is 6.92 Å². The molecule has 0 bridgehead atoms. The molecule has 0 aliphatic rings. The van der Waals surface area contributed by atoms with E-state index in [1.807, 2.05) is 43.3 Å². The highest BCUT2D eigenvalue weighted by Gasteiger charge is 2.07. The van der Waals surface area contributed by atoms with Crippen molar-refractivity contribution in [1.29, 1.82) is 0 Å². The number of hydrogen-bond donors (Lipinski definition) is 0. The normalized spacial score (nSPS) is 11.7. The fourth-order valence-corrected chi connectivity index (χ4v) is 3.08. The number of aryl methyl sites for hydroxylation is 1. The Morgan fingerprint density at radius 3 is 2.70 bits per heavy atom. The molecule has 27 heavy (non-hydrogen) atoms. The van der Waals surface area contributed by atoms with Gasteiger partial charge in [-0.05, 0) is 49.2 Å². The Bertz CT molecular complexity index is 1010. The molecule has 0 atom stereocenters. The van der Waals surface area contributed by atoms with E-state index in [0.717, 1.165) is 30.0 Å². The highest BCUT2D eigenvalue weighted by Crippen LogP contribution is 2.22. The first-order valence-corrected chi connectivity index (χ1v) is 9.56. The van der Waals surface area contributed by atoms with Crippen LogP contribution in [0.5, 0.6) is 5.75 Å². The topological polar surface area (TPSA) is 43.6 Å². The van der Waals surface area contributed by atoms with Gasteiger partial charge in [-0.3, -0.25) is 9.20 Å². The minimum absolute atomic E-state index is 0.143. The van der Waals surface area contributed by atoms with E-state index < -0.39 is 0 Å². The molecule has 0 fully saturated rings. The highest BCUT2D eigenvalue weighted by molar-refractivity contribution is 6.51. The average molecular weight is 383 g/mol. The molecule has 0 radical (unpaired) electrons. The summed E-state index contributed by atoms with van der Waals surface area (Å²) in [4.78, 5) is 16.9. The van der Waals surface area contributed by atoms with Gasteiger partial charge in [0.2, 0.25) is 0 Å². The molecule has 0 aliphatic carbocycles. The van der Waals surface area contributed by atoms with Crippen molar-refractivity contribution in [3.8, 4) is 5.75 Å². The van der Waals surface area contributed by atoms with Crippen LogP contribution in [-0.2, 0) is 0 Å². The lowest BCUT2D eigenvalue weighted by molar-refractivity contribution is 0.306. The number of aromatic nitrogens is 2. The fourth-order valence-electron chi connectivity index (χ4n) is 2.86. The Morgan fingerprint density at radius 2 is 1.96 bits per heavy atom. The number of nitrogens with zero attached hydrogens (tertiary/aromatic N) is 2. The van der Waals surface area contributed by atoms with E-state index in [1.165, 1.54) is 18.9 Å². The summed E-state index contributed by atoms with van der Waals surface area (Å²) in [6.07, 6.45) is 5.22. The molecule has 0 saturated heterocycles. The zero-order chi connectivity index (χ0) is 19.2. The Kier molecular flexibility index (Phi) is 6.30. The van der Waals surface area contributed by atoms with Crippen LogP contribution < -0.4 is 10.3 Å². The summed E-state index contributed by atoms with van der Waals surface area (Å²) in [5.41, 5.74) is 2.67. The van der Waals surface area contributed by atoms with E-state index in [1.54, 1.807) is 16.5 Å². The molecule has 4 nitrogen and oxygen atoms in total. The molecule has 0 unspecified atom stereocenters. The van der Waals surface area contributed by atoms with Gasteiger partial charge in [-0.1, -0.05) is 49.6 Å². The Hall–Kier alpha value is -2.59. The van der Waals surface area contributed by atoms with Crippen molar-refractivity contribution < 1.29 is 4.74 Å². The maximum atomic E-state index is 12.4. The monoisotopic (exact) mass is 382 g/mol. The summed E-state index contributed by atoms with van der Waals surface area (Å²) in [5, 5.41) is 0.424. The van der Waals surface area contributed by atoms with Crippen LogP contribution in [0.2, 0.25) is 0 Å². The van der Waals surface area contributed by atoms with Crippen molar-refractivity contribution >= 4 is 28.4 Å². The SMILES string of the molecule is CCCCCOc1ccc(/C=C(\Cl)c2cc(=O)n3c(C)cccc3n2)cc1. The van der Waals surface area contributed by atoms with Gasteiger partial charge in [0.05, 0.1) is 17.3 Å². The summed E-state index contributed by atoms with van der Waals surface area (Å²) in [5.74, 6) is 0.844. The predicted molar refractivity (Wildman–Crippen MR) is 111 cm³/mol. The van der Waals surface area contributed by atoms with Gasteiger partial charge >= 0.3 is 0 Å². The molecule has 0 aliphatic heterocycles. The van der Waals surface area contributed by atoms with Crippen LogP contribution in [-0.4, -0.2) is 16.0 Å². The zero-order valence-corrected chi connectivity index (χ0v) is 16.4. The third-order valence-electron chi connectivity index (χ3n) is 4.31. The van der Waals surface area contributed by atoms with Gasteiger partial charge < -0.3 is 4.74 Å². The van der Waals surface area contributed by atoms with Gasteiger partial charge in [-0.25, -0.2) is 4.98 Å². The predicted octanol–water partition coefficient (Wildman–Crippen LogP) is 5.31. The summed E-state index contributed by atoms with van der Waals surface area (Å²) in [7, 11) is 0. The second-order valence-electron chi connectivity index (χ2n) is 6.46. The number of halogens is 1. The molecule has 1 aromatic carbocycles. The molecule has 3 aromatic rings. The lowest BCUT2D eigenvalue weighted by atomic mass is 10.2. The Morgan fingerprint density at radius 1 is 1.19 bits per heavy atom. The van der Waals surface area contributed by atoms with Gasteiger partial charge in [-0.2, -0.15) is 0 Å². The first-order chi connectivity index (χ1) is 13.1. The maximum absolute atomic E-state index is 12.4. The first-order valence-electron chi connectivity index (χ1n) is 9.18. The molecule has 2 heterocycles. The molecular weight excluding hydrogens is 360 g/mol. The molecule has 0 spiro atoms. The highest BCUT2D eigenvalue weighted by atomic mass is 35.5. The van der Waals surface area contributed by atoms with Gasteiger partial charge in [0, 0.05) is 11.8 Å². The van der Waals surface area contributed by atoms with Gasteiger partial charge in [0.25, 0.3) is 5.56 Å². The second kappa shape index (κ2) is 8.87. The first kappa shape index (κ1) is 19.2. The van der Waals surface area contributed by atoms with Crippen molar-refractivity contribution in [3.05, 3.63) is 75.8 Å². The van der Waals surface area contributed by atoms with Crippen LogP contribution in [0.15, 0.2) is 53.3 Å². The molecule has 0 N–H and O–H groups in total. The number of ether oxygens (including phenoxy) is 1. The average Bonchev–Trinajstić information content (AvgIpc) is 2.66. The summed E-state index contributed by atoms with van der Waals surface area (Å²) >= 11 is 6.43. The lowest BCUT2D eigenvalue weighted by Gasteiger charge is -2.07. The van der Waals surface area contributed by atoms with Crippen molar-refractivity contribution in [2.75, 3.05) is 6.61 Å². The largest absolute Gasteiger partial charge is 0.494 e. The quantitative estimate of drug-likeness (QED) is 0.520. The summed E-state index contributed by atoms with van der Waals surface area (Å²) < 4.78 is 7.29. The minimum atomic E-state index is -0.143. The van der Waals surface area contributed by atoms with E-state index in [9.17, 15) is 4.79 Å². The van der Waals surface area contributed by atoms with Gasteiger partial charge in [0.15, 0.2) is 0 Å². The molecule has 140 valence electrons. The molecule has 0 saturated carbocycles.